The molecule has 2 amide bonds. The maximum Gasteiger partial charge on any atom is 0.326 e. The van der Waals surface area contributed by atoms with Crippen LogP contribution in [0.4, 0.5) is 0 Å². The van der Waals surface area contributed by atoms with Gasteiger partial charge in [-0.25, -0.2) is 4.79 Å². The number of hydrogen-bond donors (Lipinski definition) is 6. The molecule has 0 aliphatic heterocycles. The molecule has 0 bridgehead atoms. The number of hydrogen-bond acceptors (Lipinski definition) is 6. The Morgan fingerprint density at radius 3 is 1.83 bits per heavy atom. The van der Waals surface area contributed by atoms with E-state index in [-0.39, 0.29) is 12.3 Å². The van der Waals surface area contributed by atoms with Gasteiger partial charge in [0.15, 0.2) is 0 Å². The van der Waals surface area contributed by atoms with E-state index >= 15 is 0 Å². The summed E-state index contributed by atoms with van der Waals surface area (Å²) < 4.78 is 0. The number of aliphatic carboxylic acids is 2. The monoisotopic (exact) mass is 347 g/mol. The average molecular weight is 347 g/mol. The van der Waals surface area contributed by atoms with Gasteiger partial charge in [-0.1, -0.05) is 13.8 Å². The number of carbonyl (C=O) groups excluding carboxylic acids is 2. The van der Waals surface area contributed by atoms with Crippen LogP contribution in [0.1, 0.15) is 33.6 Å². The number of carbonyl (C=O) groups is 4. The third kappa shape index (κ3) is 7.88. The summed E-state index contributed by atoms with van der Waals surface area (Å²) in [6, 6.07) is -3.97. The Morgan fingerprint density at radius 1 is 0.958 bits per heavy atom. The number of aliphatic hydroxyl groups is 1. The molecular weight excluding hydrogens is 322 g/mol. The highest BCUT2D eigenvalue weighted by Crippen LogP contribution is 2.07. The van der Waals surface area contributed by atoms with Crippen molar-refractivity contribution in [1.29, 1.82) is 0 Å². The first kappa shape index (κ1) is 21.8. The van der Waals surface area contributed by atoms with Crippen LogP contribution in [0.25, 0.3) is 0 Å². The molecule has 0 aliphatic rings. The molecule has 0 saturated heterocycles. The Kier molecular flexibility index (Phi) is 8.93. The van der Waals surface area contributed by atoms with Crippen molar-refractivity contribution in [2.45, 2.75) is 57.8 Å². The van der Waals surface area contributed by atoms with Gasteiger partial charge in [-0.05, 0) is 19.3 Å². The molecule has 4 unspecified atom stereocenters. The average Bonchev–Trinajstić information content (AvgIpc) is 2.43. The molecule has 0 heterocycles. The maximum absolute atomic E-state index is 12.2. The van der Waals surface area contributed by atoms with Crippen molar-refractivity contribution in [3.63, 3.8) is 0 Å². The van der Waals surface area contributed by atoms with Crippen LogP contribution < -0.4 is 16.4 Å². The second-order valence-electron chi connectivity index (χ2n) is 5.95. The Hall–Kier alpha value is -2.20. The largest absolute Gasteiger partial charge is 0.481 e. The van der Waals surface area contributed by atoms with Gasteiger partial charge in [-0.15, -0.1) is 0 Å². The third-order valence-electron chi connectivity index (χ3n) is 3.16. The molecule has 0 fully saturated rings. The van der Waals surface area contributed by atoms with Crippen molar-refractivity contribution in [3.8, 4) is 0 Å². The summed E-state index contributed by atoms with van der Waals surface area (Å²) in [5.74, 6) is -4.50. The zero-order valence-corrected chi connectivity index (χ0v) is 13.9. The van der Waals surface area contributed by atoms with Crippen LogP contribution in [0, 0.1) is 5.92 Å². The number of carboxylic acid groups (broad SMARTS) is 2. The highest BCUT2D eigenvalue weighted by molar-refractivity contribution is 5.92. The minimum absolute atomic E-state index is 0.0217. The van der Waals surface area contributed by atoms with Crippen molar-refractivity contribution in [2.24, 2.45) is 11.7 Å². The molecule has 0 aromatic carbocycles. The maximum atomic E-state index is 12.2. The van der Waals surface area contributed by atoms with E-state index < -0.39 is 54.4 Å². The molecule has 138 valence electrons. The van der Waals surface area contributed by atoms with Gasteiger partial charge in [0.25, 0.3) is 0 Å². The van der Waals surface area contributed by atoms with Gasteiger partial charge in [-0.3, -0.25) is 14.4 Å². The lowest BCUT2D eigenvalue weighted by Gasteiger charge is -2.24. The third-order valence-corrected chi connectivity index (χ3v) is 3.16. The van der Waals surface area contributed by atoms with Crippen LogP contribution in [0.3, 0.4) is 0 Å². The fourth-order valence-electron chi connectivity index (χ4n) is 1.84. The SMILES string of the molecule is CC(C)CC(NC(=O)C(N)C(C)O)C(=O)NC(CC(=O)O)C(=O)O. The van der Waals surface area contributed by atoms with E-state index in [4.69, 9.17) is 15.9 Å². The lowest BCUT2D eigenvalue weighted by atomic mass is 10.0. The Labute approximate surface area is 139 Å². The molecule has 4 atom stereocenters. The molecule has 0 spiro atoms. The summed E-state index contributed by atoms with van der Waals surface area (Å²) in [5, 5.41) is 31.4. The zero-order valence-electron chi connectivity index (χ0n) is 13.9. The minimum Gasteiger partial charge on any atom is -0.481 e. The van der Waals surface area contributed by atoms with E-state index in [1.54, 1.807) is 13.8 Å². The van der Waals surface area contributed by atoms with Crippen molar-refractivity contribution in [1.82, 2.24) is 10.6 Å². The summed E-state index contributed by atoms with van der Waals surface area (Å²) in [4.78, 5) is 45.8. The summed E-state index contributed by atoms with van der Waals surface area (Å²) in [5.41, 5.74) is 5.49. The quantitative estimate of drug-likeness (QED) is 0.270. The highest BCUT2D eigenvalue weighted by atomic mass is 16.4. The van der Waals surface area contributed by atoms with Crippen molar-refractivity contribution in [3.05, 3.63) is 0 Å². The minimum atomic E-state index is -1.62. The first-order valence-corrected chi connectivity index (χ1v) is 7.44. The second-order valence-corrected chi connectivity index (χ2v) is 5.95. The van der Waals surface area contributed by atoms with E-state index in [2.05, 4.69) is 10.6 Å². The van der Waals surface area contributed by atoms with Crippen LogP contribution in [0.15, 0.2) is 0 Å². The van der Waals surface area contributed by atoms with Crippen LogP contribution >= 0.6 is 0 Å². The first-order valence-electron chi connectivity index (χ1n) is 7.44. The molecule has 0 aromatic heterocycles. The molecule has 0 aromatic rings. The molecule has 24 heavy (non-hydrogen) atoms. The fourth-order valence-corrected chi connectivity index (χ4v) is 1.84. The molecule has 7 N–H and O–H groups in total. The second kappa shape index (κ2) is 9.83. The topological polar surface area (TPSA) is 179 Å². The van der Waals surface area contributed by atoms with Gasteiger partial charge >= 0.3 is 11.9 Å². The standard InChI is InChI=1S/C14H25N3O7/c1-6(2)4-8(16-13(22)11(15)7(3)18)12(21)17-9(14(23)24)5-10(19)20/h6-9,11,18H,4-5,15H2,1-3H3,(H,16,22)(H,17,21)(H,19,20)(H,23,24). The number of amides is 2. The van der Waals surface area contributed by atoms with Gasteiger partial charge < -0.3 is 31.7 Å². The van der Waals surface area contributed by atoms with Gasteiger partial charge in [0.2, 0.25) is 11.8 Å². The van der Waals surface area contributed by atoms with Crippen LogP contribution in [-0.4, -0.2) is 63.3 Å². The molecular formula is C14H25N3O7. The summed E-state index contributed by atoms with van der Waals surface area (Å²) in [6.45, 7) is 4.88. The number of aliphatic hydroxyl groups excluding tert-OH is 1. The fraction of sp³-hybridized carbons (Fsp3) is 0.714. The number of carboxylic acids is 2. The molecule has 0 aliphatic carbocycles. The molecule has 10 heteroatoms. The molecule has 0 radical (unpaired) electrons. The highest BCUT2D eigenvalue weighted by Gasteiger charge is 2.30. The molecule has 0 rings (SSSR count). The lowest BCUT2D eigenvalue weighted by molar-refractivity contribution is -0.147. The summed E-state index contributed by atoms with van der Waals surface area (Å²) in [7, 11) is 0. The normalized spacial score (nSPS) is 15.9. The predicted molar refractivity (Wildman–Crippen MR) is 82.9 cm³/mol. The molecule has 0 saturated carbocycles. The first-order chi connectivity index (χ1) is 11.0. The van der Waals surface area contributed by atoms with E-state index in [1.165, 1.54) is 6.92 Å². The Balaban J connectivity index is 5.08. The van der Waals surface area contributed by atoms with Gasteiger partial charge in [0.05, 0.1) is 12.5 Å². The Morgan fingerprint density at radius 2 is 1.46 bits per heavy atom. The van der Waals surface area contributed by atoms with Crippen LogP contribution in [0.2, 0.25) is 0 Å². The van der Waals surface area contributed by atoms with Crippen molar-refractivity contribution >= 4 is 23.8 Å². The molecule has 10 nitrogen and oxygen atoms in total. The van der Waals surface area contributed by atoms with E-state index in [0.717, 1.165) is 0 Å². The van der Waals surface area contributed by atoms with Crippen molar-refractivity contribution in [2.75, 3.05) is 0 Å². The number of rotatable bonds is 10. The van der Waals surface area contributed by atoms with Crippen molar-refractivity contribution < 1.29 is 34.5 Å². The Bertz CT molecular complexity index is 479. The van der Waals surface area contributed by atoms with E-state index in [9.17, 15) is 24.3 Å². The lowest BCUT2D eigenvalue weighted by Crippen LogP contribution is -2.56. The number of nitrogens with one attached hydrogen (secondary N) is 2. The van der Waals surface area contributed by atoms with Crippen LogP contribution in [0.5, 0.6) is 0 Å². The number of nitrogens with two attached hydrogens (primary N) is 1. The van der Waals surface area contributed by atoms with E-state index in [0.29, 0.717) is 0 Å². The van der Waals surface area contributed by atoms with Crippen LogP contribution in [-0.2, 0) is 19.2 Å². The van der Waals surface area contributed by atoms with Gasteiger partial charge in [-0.2, -0.15) is 0 Å². The zero-order chi connectivity index (χ0) is 19.0. The smallest absolute Gasteiger partial charge is 0.326 e. The summed E-state index contributed by atoms with van der Waals surface area (Å²) >= 11 is 0. The summed E-state index contributed by atoms with van der Waals surface area (Å²) in [6.07, 6.45) is -1.74. The predicted octanol–water partition coefficient (Wildman–Crippen LogP) is -1.73. The van der Waals surface area contributed by atoms with Gasteiger partial charge in [0.1, 0.15) is 18.1 Å². The van der Waals surface area contributed by atoms with E-state index in [1.807, 2.05) is 0 Å². The van der Waals surface area contributed by atoms with Gasteiger partial charge in [0, 0.05) is 0 Å².